The highest BCUT2D eigenvalue weighted by atomic mass is 32.1. The second-order valence-corrected chi connectivity index (χ2v) is 12.3. The van der Waals surface area contributed by atoms with Gasteiger partial charge in [0.25, 0.3) is 5.56 Å². The Hall–Kier alpha value is -4.27. The van der Waals surface area contributed by atoms with Crippen molar-refractivity contribution in [2.75, 3.05) is 42.9 Å². The Morgan fingerprint density at radius 3 is 2.32 bits per heavy atom. The molecule has 3 amide bonds. The molecule has 4 heterocycles. The number of alkyl carbamates (subject to hydrolysis) is 1. The van der Waals surface area contributed by atoms with Crippen LogP contribution < -0.4 is 21.1 Å². The van der Waals surface area contributed by atoms with Gasteiger partial charge in [0.2, 0.25) is 10.9 Å². The van der Waals surface area contributed by atoms with E-state index in [1.54, 1.807) is 42.4 Å². The van der Waals surface area contributed by atoms with Crippen molar-refractivity contribution in [3.05, 3.63) is 34.9 Å². The van der Waals surface area contributed by atoms with Crippen LogP contribution in [0.4, 0.5) is 21.1 Å². The smallest absolute Gasteiger partial charge is 0.410 e. The Kier molecular flexibility index (Phi) is 8.47. The normalized spacial score (nSPS) is 14.1. The predicted octanol–water partition coefficient (Wildman–Crippen LogP) is 2.73. The number of amides is 3. The number of anilines is 2. The largest absolute Gasteiger partial charge is 0.444 e. The molecule has 220 valence electrons. The van der Waals surface area contributed by atoms with Gasteiger partial charge >= 0.3 is 12.2 Å². The van der Waals surface area contributed by atoms with Gasteiger partial charge < -0.3 is 29.9 Å². The molecule has 41 heavy (non-hydrogen) atoms. The van der Waals surface area contributed by atoms with Crippen molar-refractivity contribution in [3.63, 3.8) is 0 Å². The molecule has 1 aliphatic rings. The lowest BCUT2D eigenvalue weighted by Gasteiger charge is -2.36. The summed E-state index contributed by atoms with van der Waals surface area (Å²) in [6.07, 6.45) is 1.99. The minimum atomic E-state index is -0.696. The van der Waals surface area contributed by atoms with Gasteiger partial charge in [0.1, 0.15) is 28.6 Å². The number of hydrogen-bond acceptors (Lipinski definition) is 11. The van der Waals surface area contributed by atoms with Crippen LogP contribution >= 0.6 is 11.3 Å². The number of piperazine rings is 1. The van der Waals surface area contributed by atoms with Gasteiger partial charge in [-0.3, -0.25) is 14.6 Å². The molecule has 0 aromatic carbocycles. The lowest BCUT2D eigenvalue weighted by molar-refractivity contribution is -0.115. The molecule has 0 atom stereocenters. The maximum absolute atomic E-state index is 12.4. The van der Waals surface area contributed by atoms with Crippen molar-refractivity contribution in [2.24, 2.45) is 0 Å². The molecule has 2 N–H and O–H groups in total. The van der Waals surface area contributed by atoms with E-state index >= 15 is 0 Å². The molecular weight excluding hydrogens is 552 g/mol. The second-order valence-electron chi connectivity index (χ2n) is 11.4. The van der Waals surface area contributed by atoms with Crippen LogP contribution in [0.15, 0.2) is 29.3 Å². The standard InChI is InChI=1S/C26H34N8O6S/c1-25(2,3)39-23(37)28-15-19(36)29-17-11-16(13-27-14-17)21-31-34-20(12-18(35)30-22(34)41-21)32-7-9-33(10-8-32)24(38)40-26(4,5)6/h11-14H,7-10,15H2,1-6H3,(H,28,37)(H,29,36). The molecule has 0 bridgehead atoms. The van der Waals surface area contributed by atoms with E-state index in [4.69, 9.17) is 9.47 Å². The van der Waals surface area contributed by atoms with E-state index in [0.717, 1.165) is 0 Å². The number of carbonyl (C=O) groups is 3. The maximum Gasteiger partial charge on any atom is 0.410 e. The van der Waals surface area contributed by atoms with Crippen molar-refractivity contribution in [1.29, 1.82) is 0 Å². The molecule has 0 unspecified atom stereocenters. The first-order valence-corrected chi connectivity index (χ1v) is 13.8. The lowest BCUT2D eigenvalue weighted by atomic mass is 10.2. The molecule has 3 aromatic heterocycles. The molecule has 3 aromatic rings. The Balaban J connectivity index is 1.46. The van der Waals surface area contributed by atoms with Crippen LogP contribution in [0, 0.1) is 0 Å². The molecule has 14 nitrogen and oxygen atoms in total. The minimum Gasteiger partial charge on any atom is -0.444 e. The number of carbonyl (C=O) groups excluding carboxylic acids is 3. The number of pyridine rings is 1. The zero-order valence-corrected chi connectivity index (χ0v) is 24.7. The van der Waals surface area contributed by atoms with Gasteiger partial charge in [0.05, 0.1) is 11.9 Å². The van der Waals surface area contributed by atoms with Crippen LogP contribution in [0.3, 0.4) is 0 Å². The van der Waals surface area contributed by atoms with E-state index in [9.17, 15) is 19.2 Å². The first kappa shape index (κ1) is 29.7. The molecule has 1 fully saturated rings. The molecule has 0 aliphatic carbocycles. The summed E-state index contributed by atoms with van der Waals surface area (Å²) in [7, 11) is 0. The maximum atomic E-state index is 12.4. The van der Waals surface area contributed by atoms with Crippen LogP contribution in [-0.2, 0) is 14.3 Å². The van der Waals surface area contributed by atoms with Crippen LogP contribution in [-0.4, -0.2) is 86.5 Å². The van der Waals surface area contributed by atoms with Crippen molar-refractivity contribution in [2.45, 2.75) is 52.7 Å². The minimum absolute atomic E-state index is 0.281. The summed E-state index contributed by atoms with van der Waals surface area (Å²) < 4.78 is 12.2. The number of ether oxygens (including phenoxy) is 2. The quantitative estimate of drug-likeness (QED) is 0.455. The fourth-order valence-electron chi connectivity index (χ4n) is 3.88. The fourth-order valence-corrected chi connectivity index (χ4v) is 4.77. The van der Waals surface area contributed by atoms with Crippen molar-refractivity contribution < 1.29 is 23.9 Å². The van der Waals surface area contributed by atoms with Crippen LogP contribution in [0.2, 0.25) is 0 Å². The summed E-state index contributed by atoms with van der Waals surface area (Å²) in [5, 5.41) is 10.3. The van der Waals surface area contributed by atoms with Crippen LogP contribution in [0.1, 0.15) is 41.5 Å². The molecule has 0 radical (unpaired) electrons. The SMILES string of the molecule is CC(C)(C)OC(=O)NCC(=O)Nc1cncc(-c2nn3c(N4CCN(C(=O)OC(C)(C)C)CC4)cc(=O)nc3s2)c1. The highest BCUT2D eigenvalue weighted by Gasteiger charge is 2.27. The first-order valence-electron chi connectivity index (χ1n) is 13.0. The summed E-state index contributed by atoms with van der Waals surface area (Å²) in [5.41, 5.74) is -0.655. The summed E-state index contributed by atoms with van der Waals surface area (Å²) in [5.74, 6) is 0.107. The topological polar surface area (TPSA) is 160 Å². The van der Waals surface area contributed by atoms with E-state index in [0.29, 0.717) is 53.2 Å². The predicted molar refractivity (Wildman–Crippen MR) is 153 cm³/mol. The second kappa shape index (κ2) is 11.7. The Bertz CT molecular complexity index is 1500. The van der Waals surface area contributed by atoms with Gasteiger partial charge in [-0.2, -0.15) is 14.6 Å². The molecule has 1 aliphatic heterocycles. The van der Waals surface area contributed by atoms with E-state index in [1.807, 2.05) is 25.7 Å². The average molecular weight is 587 g/mol. The lowest BCUT2D eigenvalue weighted by Crippen LogP contribution is -2.50. The summed E-state index contributed by atoms with van der Waals surface area (Å²) >= 11 is 1.20. The fraction of sp³-hybridized carbons (Fsp3) is 0.500. The van der Waals surface area contributed by atoms with E-state index in [-0.39, 0.29) is 12.6 Å². The highest BCUT2D eigenvalue weighted by Crippen LogP contribution is 2.28. The third kappa shape index (κ3) is 8.13. The van der Waals surface area contributed by atoms with Gasteiger partial charge in [-0.1, -0.05) is 11.3 Å². The molecule has 15 heteroatoms. The van der Waals surface area contributed by atoms with Crippen LogP contribution in [0.25, 0.3) is 15.5 Å². The van der Waals surface area contributed by atoms with E-state index < -0.39 is 28.8 Å². The van der Waals surface area contributed by atoms with Gasteiger partial charge in [0, 0.05) is 44.0 Å². The van der Waals surface area contributed by atoms with Crippen molar-refractivity contribution >= 4 is 45.9 Å². The number of fused-ring (bicyclic) bond motifs is 1. The summed E-state index contributed by atoms with van der Waals surface area (Å²) in [6, 6.07) is 3.11. The molecule has 4 rings (SSSR count). The molecule has 0 spiro atoms. The zero-order chi connectivity index (χ0) is 29.9. The highest BCUT2D eigenvalue weighted by molar-refractivity contribution is 7.19. The first-order chi connectivity index (χ1) is 19.2. The van der Waals surface area contributed by atoms with E-state index in [2.05, 4.69) is 25.7 Å². The van der Waals surface area contributed by atoms with Crippen molar-refractivity contribution in [1.82, 2.24) is 29.8 Å². The zero-order valence-electron chi connectivity index (χ0n) is 23.9. The number of nitrogens with zero attached hydrogens (tertiary/aromatic N) is 6. The molecule has 0 saturated carbocycles. The number of rotatable bonds is 5. The monoisotopic (exact) mass is 586 g/mol. The van der Waals surface area contributed by atoms with Gasteiger partial charge in [-0.15, -0.1) is 0 Å². The Morgan fingerprint density at radius 2 is 1.66 bits per heavy atom. The van der Waals surface area contributed by atoms with Gasteiger partial charge in [0.15, 0.2) is 0 Å². The summed E-state index contributed by atoms with van der Waals surface area (Å²) in [4.78, 5) is 61.4. The number of hydrogen-bond donors (Lipinski definition) is 2. The Labute approximate surface area is 240 Å². The third-order valence-corrected chi connectivity index (χ3v) is 6.51. The number of aromatic nitrogens is 4. The summed E-state index contributed by atoms with van der Waals surface area (Å²) in [6.45, 7) is 12.2. The molecular formula is C26H34N8O6S. The average Bonchev–Trinajstić information content (AvgIpc) is 3.29. The Morgan fingerprint density at radius 1 is 0.976 bits per heavy atom. The van der Waals surface area contributed by atoms with Crippen molar-refractivity contribution in [3.8, 4) is 10.6 Å². The third-order valence-electron chi connectivity index (χ3n) is 5.55. The number of nitrogens with one attached hydrogen (secondary N) is 2. The van der Waals surface area contributed by atoms with Gasteiger partial charge in [-0.25, -0.2) is 9.59 Å². The van der Waals surface area contributed by atoms with Gasteiger partial charge in [-0.05, 0) is 47.6 Å². The van der Waals surface area contributed by atoms with E-state index in [1.165, 1.54) is 23.6 Å². The van der Waals surface area contributed by atoms with Crippen LogP contribution in [0.5, 0.6) is 0 Å². The molecule has 1 saturated heterocycles.